The van der Waals surface area contributed by atoms with E-state index in [1.54, 1.807) is 0 Å². The van der Waals surface area contributed by atoms with Crippen LogP contribution in [0, 0.1) is 30.7 Å². The number of rotatable bonds is 9. The van der Waals surface area contributed by atoms with Crippen LogP contribution in [0.5, 0.6) is 0 Å². The zero-order valence-corrected chi connectivity index (χ0v) is 35.1. The molecule has 3 heterocycles. The molecule has 0 aliphatic rings. The number of nitrogens with zero attached hydrogens (tertiary/aromatic N) is 1. The first kappa shape index (κ1) is 40.8. The summed E-state index contributed by atoms with van der Waals surface area (Å²) in [6.45, 7) is 23.0. The molecule has 0 amide bonds. The standard InChI is InChI=1S/C31H26NO2.C15H28O2.Ir/c1-18-22-11-8-9-13-26(22)33-28(18)29-19(2)23-14-15-32-27(30(23)34-29)21-16-20-10-6-7-12-24(20)25(17-21)31(3,4)5;1-7-14(5,8-2)12(16)11-13(17)15(6,9-3)10-4;/h6-15,17H,1-5H3;11,16H,7-10H2,1-6H3;/q-1;;/b;12-11-;. The van der Waals surface area contributed by atoms with Crippen molar-refractivity contribution in [3.8, 4) is 22.8 Å². The predicted molar refractivity (Wildman–Crippen MR) is 212 cm³/mol. The maximum absolute atomic E-state index is 12.2. The first-order valence-corrected chi connectivity index (χ1v) is 18.4. The van der Waals surface area contributed by atoms with Crippen molar-refractivity contribution in [1.29, 1.82) is 0 Å². The number of furan rings is 2. The molecule has 0 atom stereocenters. The van der Waals surface area contributed by atoms with Gasteiger partial charge in [0.1, 0.15) is 16.9 Å². The number of fused-ring (bicyclic) bond motifs is 3. The van der Waals surface area contributed by atoms with Gasteiger partial charge in [-0.05, 0) is 57.1 Å². The smallest absolute Gasteiger partial charge is 0.173 e. The maximum Gasteiger partial charge on any atom is 0.173 e. The number of allylic oxidation sites excluding steroid dienone is 2. The molecule has 6 rings (SSSR count). The largest absolute Gasteiger partial charge is 0.512 e. The number of hydrogen-bond acceptors (Lipinski definition) is 5. The van der Waals surface area contributed by atoms with Gasteiger partial charge >= 0.3 is 0 Å². The van der Waals surface area contributed by atoms with E-state index in [9.17, 15) is 9.90 Å². The minimum absolute atomic E-state index is 0. The number of pyridine rings is 1. The van der Waals surface area contributed by atoms with Gasteiger partial charge in [0.05, 0.1) is 0 Å². The Morgan fingerprint density at radius 1 is 0.769 bits per heavy atom. The molecular formula is C46H54IrNO4-. The van der Waals surface area contributed by atoms with Gasteiger partial charge in [-0.15, -0.1) is 29.1 Å². The summed E-state index contributed by atoms with van der Waals surface area (Å²) in [5, 5.41) is 14.6. The van der Waals surface area contributed by atoms with Crippen LogP contribution in [0.3, 0.4) is 0 Å². The Balaban J connectivity index is 0.000000289. The molecule has 1 radical (unpaired) electrons. The number of aliphatic hydroxyl groups is 1. The number of carbonyl (C=O) groups is 1. The van der Waals surface area contributed by atoms with Crippen LogP contribution in [0.1, 0.15) is 105 Å². The fourth-order valence-corrected chi connectivity index (χ4v) is 6.61. The molecule has 5 nitrogen and oxygen atoms in total. The van der Waals surface area contributed by atoms with Crippen LogP contribution in [-0.4, -0.2) is 15.9 Å². The Bertz CT molecular complexity index is 2220. The molecular weight excluding hydrogens is 823 g/mol. The maximum atomic E-state index is 12.2. The van der Waals surface area contributed by atoms with E-state index >= 15 is 0 Å². The molecule has 0 bridgehead atoms. The van der Waals surface area contributed by atoms with Gasteiger partial charge in [0.25, 0.3) is 0 Å². The number of aromatic nitrogens is 1. The van der Waals surface area contributed by atoms with Crippen LogP contribution in [0.25, 0.3) is 55.5 Å². The topological polar surface area (TPSA) is 76.5 Å². The van der Waals surface area contributed by atoms with Gasteiger partial charge in [0, 0.05) is 70.8 Å². The van der Waals surface area contributed by atoms with Gasteiger partial charge in [0.15, 0.2) is 17.3 Å². The van der Waals surface area contributed by atoms with Gasteiger partial charge in [-0.3, -0.25) is 9.78 Å². The first-order valence-electron chi connectivity index (χ1n) is 18.4. The number of para-hydroxylation sites is 1. The molecule has 0 saturated carbocycles. The molecule has 0 unspecified atom stereocenters. The molecule has 6 heteroatoms. The van der Waals surface area contributed by atoms with Crippen molar-refractivity contribution in [2.75, 3.05) is 0 Å². The fourth-order valence-electron chi connectivity index (χ4n) is 6.61. The Morgan fingerprint density at radius 2 is 1.33 bits per heavy atom. The molecule has 3 aromatic carbocycles. The van der Waals surface area contributed by atoms with E-state index < -0.39 is 0 Å². The summed E-state index contributed by atoms with van der Waals surface area (Å²) >= 11 is 0. The second-order valence-corrected chi connectivity index (χ2v) is 15.5. The monoisotopic (exact) mass is 877 g/mol. The zero-order valence-electron chi connectivity index (χ0n) is 32.7. The first-order chi connectivity index (χ1) is 24.1. The Labute approximate surface area is 323 Å². The minimum atomic E-state index is -0.337. The van der Waals surface area contributed by atoms with E-state index in [-0.39, 0.29) is 47.9 Å². The quantitative estimate of drug-likeness (QED) is 0.0889. The molecule has 0 fully saturated rings. The van der Waals surface area contributed by atoms with Gasteiger partial charge in [-0.1, -0.05) is 110 Å². The van der Waals surface area contributed by atoms with Crippen molar-refractivity contribution in [2.24, 2.45) is 10.8 Å². The summed E-state index contributed by atoms with van der Waals surface area (Å²) in [6, 6.07) is 24.4. The third-order valence-electron chi connectivity index (χ3n) is 11.3. The molecule has 52 heavy (non-hydrogen) atoms. The summed E-state index contributed by atoms with van der Waals surface area (Å²) < 4.78 is 12.8. The van der Waals surface area contributed by atoms with Gasteiger partial charge < -0.3 is 13.9 Å². The van der Waals surface area contributed by atoms with Crippen LogP contribution in [0.4, 0.5) is 0 Å². The van der Waals surface area contributed by atoms with Crippen LogP contribution in [0.2, 0.25) is 0 Å². The van der Waals surface area contributed by atoms with Crippen molar-refractivity contribution in [2.45, 2.75) is 107 Å². The summed E-state index contributed by atoms with van der Waals surface area (Å²) in [5.41, 5.74) is 6.16. The number of aryl methyl sites for hydroxylation is 2. The molecule has 0 spiro atoms. The number of hydrogen-bond donors (Lipinski definition) is 1. The summed E-state index contributed by atoms with van der Waals surface area (Å²) in [6.07, 6.45) is 6.61. The molecule has 1 N–H and O–H groups in total. The van der Waals surface area contributed by atoms with Gasteiger partial charge in [0.2, 0.25) is 0 Å². The average Bonchev–Trinajstić information content (AvgIpc) is 3.65. The SMILES string of the molecule is CCC(C)(CC)C(=O)/C=C(\O)C(C)(CC)CC.Cc1c(-c2oc3c(-c4[c-]c5ccccc5c(C(C)(C)C)c4)nccc3c2C)oc2ccccc12.[Ir]. The zero-order chi connectivity index (χ0) is 37.3. The van der Waals surface area contributed by atoms with Crippen molar-refractivity contribution >= 4 is 38.5 Å². The molecule has 0 saturated heterocycles. The second kappa shape index (κ2) is 15.9. The summed E-state index contributed by atoms with van der Waals surface area (Å²) in [7, 11) is 0. The van der Waals surface area contributed by atoms with E-state index in [1.165, 1.54) is 17.0 Å². The average molecular weight is 877 g/mol. The summed E-state index contributed by atoms with van der Waals surface area (Å²) in [5.74, 6) is 1.82. The second-order valence-electron chi connectivity index (χ2n) is 15.5. The van der Waals surface area contributed by atoms with E-state index in [0.717, 1.165) is 86.9 Å². The van der Waals surface area contributed by atoms with Gasteiger partial charge in [-0.25, -0.2) is 0 Å². The van der Waals surface area contributed by atoms with Crippen molar-refractivity contribution < 1.29 is 38.8 Å². The van der Waals surface area contributed by atoms with E-state index in [4.69, 9.17) is 13.8 Å². The van der Waals surface area contributed by atoms with Crippen molar-refractivity contribution in [1.82, 2.24) is 4.98 Å². The third-order valence-corrected chi connectivity index (χ3v) is 11.3. The molecule has 277 valence electrons. The van der Waals surface area contributed by atoms with E-state index in [2.05, 4.69) is 77.1 Å². The van der Waals surface area contributed by atoms with Crippen LogP contribution in [-0.2, 0) is 30.3 Å². The Kier molecular flexibility index (Phi) is 12.5. The number of carbonyl (C=O) groups excluding carboxylic acids is 1. The van der Waals surface area contributed by atoms with E-state index in [0.29, 0.717) is 0 Å². The molecule has 0 aliphatic carbocycles. The van der Waals surface area contributed by atoms with Gasteiger partial charge in [-0.2, -0.15) is 0 Å². The third kappa shape index (κ3) is 7.70. The number of aliphatic hydroxyl groups excluding tert-OH is 1. The van der Waals surface area contributed by atoms with Crippen LogP contribution < -0.4 is 0 Å². The fraction of sp³-hybridized carbons (Fsp3) is 0.391. The van der Waals surface area contributed by atoms with E-state index in [1.807, 2.05) is 72.0 Å². The Hall–Kier alpha value is -3.99. The summed E-state index contributed by atoms with van der Waals surface area (Å²) in [4.78, 5) is 16.9. The number of ketones is 1. The Morgan fingerprint density at radius 3 is 1.92 bits per heavy atom. The molecule has 6 aromatic rings. The van der Waals surface area contributed by atoms with Crippen molar-refractivity contribution in [3.05, 3.63) is 101 Å². The van der Waals surface area contributed by atoms with Crippen LogP contribution >= 0.6 is 0 Å². The predicted octanol–water partition coefficient (Wildman–Crippen LogP) is 13.4. The van der Waals surface area contributed by atoms with Crippen molar-refractivity contribution in [3.63, 3.8) is 0 Å². The number of benzene rings is 3. The minimum Gasteiger partial charge on any atom is -0.512 e. The molecule has 0 aliphatic heterocycles. The normalized spacial score (nSPS) is 12.6. The van der Waals surface area contributed by atoms with Crippen LogP contribution in [0.15, 0.2) is 87.5 Å². The molecule has 3 aromatic heterocycles.